The van der Waals surface area contributed by atoms with Crippen molar-refractivity contribution < 1.29 is 32.3 Å². The van der Waals surface area contributed by atoms with Crippen molar-refractivity contribution in [2.45, 2.75) is 46.2 Å². The van der Waals surface area contributed by atoms with Crippen LogP contribution in [0.4, 0.5) is 23.2 Å². The van der Waals surface area contributed by atoms with Gasteiger partial charge in [-0.25, -0.2) is 4.39 Å². The van der Waals surface area contributed by atoms with Gasteiger partial charge in [0.15, 0.2) is 0 Å². The Hall–Kier alpha value is -2.61. The first-order valence-electron chi connectivity index (χ1n) is 10.3. The number of benzene rings is 2. The fourth-order valence-corrected chi connectivity index (χ4v) is 3.68. The van der Waals surface area contributed by atoms with E-state index in [1.807, 2.05) is 0 Å². The number of amides is 1. The Bertz CT molecular complexity index is 1000. The van der Waals surface area contributed by atoms with E-state index in [2.05, 4.69) is 5.32 Å². The Morgan fingerprint density at radius 2 is 1.64 bits per heavy atom. The number of carbonyl (C=O) groups excluding carboxylic acids is 1. The van der Waals surface area contributed by atoms with Gasteiger partial charge < -0.3 is 10.4 Å². The summed E-state index contributed by atoms with van der Waals surface area (Å²) in [5.41, 5.74) is -0.859. The van der Waals surface area contributed by atoms with Crippen LogP contribution in [0.25, 0.3) is 0 Å². The van der Waals surface area contributed by atoms with Crippen LogP contribution >= 0.6 is 11.6 Å². The van der Waals surface area contributed by atoms with E-state index in [0.717, 1.165) is 6.92 Å². The van der Waals surface area contributed by atoms with Gasteiger partial charge in [-0.3, -0.25) is 9.59 Å². The molecule has 0 heterocycles. The molecule has 2 N–H and O–H groups in total. The molecule has 3 unspecified atom stereocenters. The second kappa shape index (κ2) is 10.1. The molecule has 33 heavy (non-hydrogen) atoms. The number of aliphatic carboxylic acids is 1. The molecule has 0 aliphatic rings. The normalized spacial score (nSPS) is 14.9. The fourth-order valence-electron chi connectivity index (χ4n) is 3.55. The molecule has 0 aromatic heterocycles. The maximum atomic E-state index is 15.2. The number of carboxylic acid groups (broad SMARTS) is 1. The van der Waals surface area contributed by atoms with E-state index in [4.69, 9.17) is 11.6 Å². The van der Waals surface area contributed by atoms with E-state index >= 15 is 4.39 Å². The van der Waals surface area contributed by atoms with E-state index in [1.165, 1.54) is 42.5 Å². The van der Waals surface area contributed by atoms with Gasteiger partial charge in [0.25, 0.3) is 0 Å². The molecule has 0 radical (unpaired) electrons. The number of halogens is 5. The average molecular weight is 488 g/mol. The first-order valence-corrected chi connectivity index (χ1v) is 10.6. The highest BCUT2D eigenvalue weighted by Crippen LogP contribution is 2.39. The minimum Gasteiger partial charge on any atom is -0.481 e. The van der Waals surface area contributed by atoms with Crippen LogP contribution in [0.2, 0.25) is 5.02 Å². The van der Waals surface area contributed by atoms with Crippen LogP contribution in [0, 0.1) is 23.1 Å². The molecule has 2 aromatic rings. The molecule has 9 heteroatoms. The summed E-state index contributed by atoms with van der Waals surface area (Å²) in [5.74, 6) is -7.63. The zero-order valence-corrected chi connectivity index (χ0v) is 19.4. The van der Waals surface area contributed by atoms with Gasteiger partial charge in [-0.1, -0.05) is 63.6 Å². The summed E-state index contributed by atoms with van der Waals surface area (Å²) in [6.07, 6.45) is -4.82. The summed E-state index contributed by atoms with van der Waals surface area (Å²) >= 11 is 5.81. The summed E-state index contributed by atoms with van der Waals surface area (Å²) in [5, 5.41) is 12.1. The van der Waals surface area contributed by atoms with Crippen molar-refractivity contribution in [3.05, 3.63) is 64.4 Å². The van der Waals surface area contributed by atoms with Crippen LogP contribution in [-0.2, 0) is 16.0 Å². The molecule has 0 saturated heterocycles. The number of hydrogen-bond acceptors (Lipinski definition) is 2. The molecule has 2 rings (SSSR count). The van der Waals surface area contributed by atoms with Gasteiger partial charge >= 0.3 is 12.1 Å². The first kappa shape index (κ1) is 26.6. The van der Waals surface area contributed by atoms with Gasteiger partial charge in [-0.15, -0.1) is 0 Å². The predicted octanol–water partition coefficient (Wildman–Crippen LogP) is 6.69. The van der Waals surface area contributed by atoms with Gasteiger partial charge in [-0.2, -0.15) is 13.2 Å². The van der Waals surface area contributed by atoms with E-state index < -0.39 is 47.0 Å². The average Bonchev–Trinajstić information content (AvgIpc) is 2.68. The van der Waals surface area contributed by atoms with Crippen LogP contribution in [0.1, 0.15) is 44.7 Å². The monoisotopic (exact) mass is 487 g/mol. The second-order valence-electron chi connectivity index (χ2n) is 9.09. The van der Waals surface area contributed by atoms with Crippen molar-refractivity contribution in [2.24, 2.45) is 17.3 Å². The number of hydrogen-bond donors (Lipinski definition) is 2. The topological polar surface area (TPSA) is 66.4 Å². The third-order valence-electron chi connectivity index (χ3n) is 5.63. The molecular formula is C24H26ClF4NO3. The maximum absolute atomic E-state index is 15.2. The third-order valence-corrected chi connectivity index (χ3v) is 5.88. The molecule has 0 saturated carbocycles. The number of carboxylic acids is 1. The number of nitrogens with one attached hydrogen (secondary N) is 1. The minimum absolute atomic E-state index is 0.0436. The lowest BCUT2D eigenvalue weighted by Gasteiger charge is -2.28. The molecule has 3 atom stereocenters. The van der Waals surface area contributed by atoms with Gasteiger partial charge in [0.2, 0.25) is 5.91 Å². The van der Waals surface area contributed by atoms with Crippen molar-refractivity contribution in [1.29, 1.82) is 0 Å². The summed E-state index contributed by atoms with van der Waals surface area (Å²) in [6, 6.07) is 9.42. The molecule has 0 bridgehead atoms. The molecule has 0 aliphatic carbocycles. The SMILES string of the molecule is CC(C(C(=O)Nc1cccc(CC(C(=O)O)C(C)(C)C)c1F)c1ccc(Cl)cc1)C(F)(F)F. The summed E-state index contributed by atoms with van der Waals surface area (Å²) in [6.45, 7) is 6.02. The zero-order chi connectivity index (χ0) is 25.1. The summed E-state index contributed by atoms with van der Waals surface area (Å²) in [4.78, 5) is 24.6. The smallest absolute Gasteiger partial charge is 0.392 e. The Balaban J connectivity index is 2.39. The van der Waals surface area contributed by atoms with Gasteiger partial charge in [0.1, 0.15) is 5.82 Å². The number of alkyl halides is 3. The molecule has 1 amide bonds. The second-order valence-corrected chi connectivity index (χ2v) is 9.52. The summed E-state index contributed by atoms with van der Waals surface area (Å²) < 4.78 is 55.7. The maximum Gasteiger partial charge on any atom is 0.392 e. The molecular weight excluding hydrogens is 462 g/mol. The van der Waals surface area contributed by atoms with E-state index in [9.17, 15) is 27.9 Å². The van der Waals surface area contributed by atoms with E-state index in [0.29, 0.717) is 5.02 Å². The number of rotatable bonds is 7. The lowest BCUT2D eigenvalue weighted by Crippen LogP contribution is -2.34. The fraction of sp³-hybridized carbons (Fsp3) is 0.417. The van der Waals surface area contributed by atoms with Crippen LogP contribution in [0.3, 0.4) is 0 Å². The van der Waals surface area contributed by atoms with Crippen molar-refractivity contribution in [3.8, 4) is 0 Å². The van der Waals surface area contributed by atoms with Gasteiger partial charge in [-0.05, 0) is 41.2 Å². The first-order chi connectivity index (χ1) is 15.1. The standard InChI is InChI=1S/C24H26ClF4NO3/c1-13(24(27,28)29)19(14-8-10-16(25)11-9-14)21(31)30-18-7-5-6-15(20(18)26)12-17(22(32)33)23(2,3)4/h5-11,13,17,19H,12H2,1-4H3,(H,30,31)(H,32,33). The molecule has 2 aromatic carbocycles. The predicted molar refractivity (Wildman–Crippen MR) is 119 cm³/mol. The molecule has 180 valence electrons. The molecule has 0 spiro atoms. The van der Waals surface area contributed by atoms with Gasteiger partial charge in [0.05, 0.1) is 23.4 Å². The van der Waals surface area contributed by atoms with Crippen LogP contribution in [-0.4, -0.2) is 23.2 Å². The van der Waals surface area contributed by atoms with Crippen LogP contribution in [0.15, 0.2) is 42.5 Å². The lowest BCUT2D eigenvalue weighted by atomic mass is 9.77. The van der Waals surface area contributed by atoms with Crippen molar-refractivity contribution in [3.63, 3.8) is 0 Å². The van der Waals surface area contributed by atoms with E-state index in [-0.39, 0.29) is 23.2 Å². The Morgan fingerprint density at radius 3 is 2.12 bits per heavy atom. The third kappa shape index (κ3) is 6.69. The van der Waals surface area contributed by atoms with Crippen molar-refractivity contribution >= 4 is 29.2 Å². The minimum atomic E-state index is -4.68. The summed E-state index contributed by atoms with van der Waals surface area (Å²) in [7, 11) is 0. The Labute approximate surface area is 195 Å². The largest absolute Gasteiger partial charge is 0.481 e. The molecule has 0 aliphatic heterocycles. The highest BCUT2D eigenvalue weighted by molar-refractivity contribution is 6.30. The van der Waals surface area contributed by atoms with Gasteiger partial charge in [0, 0.05) is 5.02 Å². The lowest BCUT2D eigenvalue weighted by molar-refractivity contribution is -0.178. The Kier molecular flexibility index (Phi) is 8.17. The Morgan fingerprint density at radius 1 is 1.06 bits per heavy atom. The zero-order valence-electron chi connectivity index (χ0n) is 18.6. The van der Waals surface area contributed by atoms with E-state index in [1.54, 1.807) is 20.8 Å². The molecule has 4 nitrogen and oxygen atoms in total. The van der Waals surface area contributed by atoms with Crippen LogP contribution in [0.5, 0.6) is 0 Å². The van der Waals surface area contributed by atoms with Crippen LogP contribution < -0.4 is 5.32 Å². The van der Waals surface area contributed by atoms with Crippen molar-refractivity contribution in [2.75, 3.05) is 5.32 Å². The van der Waals surface area contributed by atoms with Crippen molar-refractivity contribution in [1.82, 2.24) is 0 Å². The molecule has 0 fully saturated rings. The quantitative estimate of drug-likeness (QED) is 0.427. The highest BCUT2D eigenvalue weighted by atomic mass is 35.5. The number of carbonyl (C=O) groups is 2. The number of anilines is 1. The highest BCUT2D eigenvalue weighted by Gasteiger charge is 2.45.